The molecule has 3 aromatic rings. The van der Waals surface area contributed by atoms with E-state index in [9.17, 15) is 0 Å². The lowest BCUT2D eigenvalue weighted by Crippen LogP contribution is -1.89. The quantitative estimate of drug-likeness (QED) is 0.678. The molecule has 0 aliphatic rings. The van der Waals surface area contributed by atoms with Crippen molar-refractivity contribution in [3.63, 3.8) is 0 Å². The maximum Gasteiger partial charge on any atom is 0.0571 e. The number of rotatable bonds is 4. The molecule has 0 radical (unpaired) electrons. The fraction of sp³-hybridized carbons (Fsp3) is 0.176. The maximum absolute atomic E-state index is 8.85. The third-order valence-electron chi connectivity index (χ3n) is 3.62. The predicted octanol–water partition coefficient (Wildman–Crippen LogP) is 3.34. The Morgan fingerprint density at radius 2 is 1.75 bits per heavy atom. The van der Waals surface area contributed by atoms with Gasteiger partial charge in [0.05, 0.1) is 5.69 Å². The van der Waals surface area contributed by atoms with Gasteiger partial charge in [0.25, 0.3) is 0 Å². The summed E-state index contributed by atoms with van der Waals surface area (Å²) in [5, 5.41) is 9.91. The fourth-order valence-corrected chi connectivity index (χ4v) is 2.48. The van der Waals surface area contributed by atoms with Gasteiger partial charge in [0.15, 0.2) is 0 Å². The van der Waals surface area contributed by atoms with E-state index in [1.807, 2.05) is 6.20 Å². The first-order valence-electron chi connectivity index (χ1n) is 6.85. The first-order chi connectivity index (χ1) is 9.78. The molecule has 0 aliphatic heterocycles. The monoisotopic (exact) mass is 266 g/mol. The Bertz CT molecular complexity index is 713. The highest BCUT2D eigenvalue weighted by Gasteiger charge is 2.03. The number of nitrogens with one attached hydrogen (secondary N) is 1. The van der Waals surface area contributed by atoms with E-state index in [4.69, 9.17) is 10.8 Å². The second-order valence-corrected chi connectivity index (χ2v) is 5.03. The number of nitrogen functional groups attached to an aromatic ring is 1. The average Bonchev–Trinajstić information content (AvgIpc) is 2.86. The molecule has 1 aromatic heterocycles. The van der Waals surface area contributed by atoms with E-state index in [2.05, 4.69) is 47.4 Å². The SMILES string of the molecule is Nc1c[nH]c2cc(-c3ccc(CCCO)cc3)ccc12. The summed E-state index contributed by atoms with van der Waals surface area (Å²) in [4.78, 5) is 3.18. The molecule has 0 bridgehead atoms. The van der Waals surface area contributed by atoms with Crippen molar-refractivity contribution in [2.45, 2.75) is 12.8 Å². The number of nitrogens with two attached hydrogens (primary N) is 1. The zero-order valence-electron chi connectivity index (χ0n) is 11.3. The molecule has 3 rings (SSSR count). The summed E-state index contributed by atoms with van der Waals surface area (Å²) in [5.74, 6) is 0. The van der Waals surface area contributed by atoms with E-state index in [1.54, 1.807) is 0 Å². The van der Waals surface area contributed by atoms with Crippen LogP contribution in [0.1, 0.15) is 12.0 Å². The van der Waals surface area contributed by atoms with Gasteiger partial charge in [0.2, 0.25) is 0 Å². The highest BCUT2D eigenvalue weighted by molar-refractivity contribution is 5.93. The minimum Gasteiger partial charge on any atom is -0.397 e. The molecule has 0 saturated carbocycles. The van der Waals surface area contributed by atoms with Crippen LogP contribution < -0.4 is 5.73 Å². The highest BCUT2D eigenvalue weighted by Crippen LogP contribution is 2.27. The van der Waals surface area contributed by atoms with Crippen LogP contribution in [0.25, 0.3) is 22.0 Å². The molecular weight excluding hydrogens is 248 g/mol. The molecule has 102 valence electrons. The molecule has 20 heavy (non-hydrogen) atoms. The topological polar surface area (TPSA) is 62.0 Å². The standard InChI is InChI=1S/C17H18N2O/c18-16-11-19-17-10-14(7-8-15(16)17)13-5-3-12(4-6-13)2-1-9-20/h3-8,10-11,19-20H,1-2,9,18H2. The van der Waals surface area contributed by atoms with E-state index in [1.165, 1.54) is 16.7 Å². The molecule has 3 nitrogen and oxygen atoms in total. The first kappa shape index (κ1) is 12.8. The molecule has 2 aromatic carbocycles. The normalized spacial score (nSPS) is 11.1. The molecule has 1 heterocycles. The number of H-pyrrole nitrogens is 1. The molecular formula is C17H18N2O. The van der Waals surface area contributed by atoms with Gasteiger partial charge in [-0.05, 0) is 35.6 Å². The predicted molar refractivity (Wildman–Crippen MR) is 83.6 cm³/mol. The van der Waals surface area contributed by atoms with Crippen molar-refractivity contribution in [1.82, 2.24) is 4.98 Å². The minimum atomic E-state index is 0.243. The van der Waals surface area contributed by atoms with Gasteiger partial charge in [-0.15, -0.1) is 0 Å². The van der Waals surface area contributed by atoms with Crippen LogP contribution >= 0.6 is 0 Å². The number of aromatic nitrogens is 1. The van der Waals surface area contributed by atoms with Crippen LogP contribution in [0.15, 0.2) is 48.7 Å². The van der Waals surface area contributed by atoms with Gasteiger partial charge in [0.1, 0.15) is 0 Å². The van der Waals surface area contributed by atoms with E-state index < -0.39 is 0 Å². The lowest BCUT2D eigenvalue weighted by molar-refractivity contribution is 0.288. The van der Waals surface area contributed by atoms with Crippen LogP contribution in [0.3, 0.4) is 0 Å². The zero-order chi connectivity index (χ0) is 13.9. The lowest BCUT2D eigenvalue weighted by atomic mass is 10.0. The minimum absolute atomic E-state index is 0.243. The number of aliphatic hydroxyl groups is 1. The van der Waals surface area contributed by atoms with E-state index in [0.717, 1.165) is 29.4 Å². The van der Waals surface area contributed by atoms with Crippen molar-refractivity contribution in [1.29, 1.82) is 0 Å². The average molecular weight is 266 g/mol. The molecule has 3 heteroatoms. The van der Waals surface area contributed by atoms with Crippen molar-refractivity contribution >= 4 is 16.6 Å². The molecule has 0 fully saturated rings. The fourth-order valence-electron chi connectivity index (χ4n) is 2.48. The zero-order valence-corrected chi connectivity index (χ0v) is 11.3. The Labute approximate surface area is 118 Å². The number of hydrogen-bond acceptors (Lipinski definition) is 2. The van der Waals surface area contributed by atoms with Crippen LogP contribution in [0.2, 0.25) is 0 Å². The Kier molecular flexibility index (Phi) is 3.44. The van der Waals surface area contributed by atoms with Crippen molar-refractivity contribution in [3.05, 3.63) is 54.2 Å². The van der Waals surface area contributed by atoms with Crippen molar-refractivity contribution < 1.29 is 5.11 Å². The first-order valence-corrected chi connectivity index (χ1v) is 6.85. The number of aryl methyl sites for hydroxylation is 1. The number of hydrogen-bond donors (Lipinski definition) is 3. The van der Waals surface area contributed by atoms with Crippen LogP contribution in [-0.2, 0) is 6.42 Å². The van der Waals surface area contributed by atoms with E-state index in [-0.39, 0.29) is 6.61 Å². The molecule has 0 amide bonds. The Morgan fingerprint density at radius 3 is 2.50 bits per heavy atom. The molecule has 0 atom stereocenters. The lowest BCUT2D eigenvalue weighted by Gasteiger charge is -2.05. The summed E-state index contributed by atoms with van der Waals surface area (Å²) in [6.45, 7) is 0.243. The number of benzene rings is 2. The van der Waals surface area contributed by atoms with Gasteiger partial charge in [-0.25, -0.2) is 0 Å². The summed E-state index contributed by atoms with van der Waals surface area (Å²) >= 11 is 0. The van der Waals surface area contributed by atoms with Crippen molar-refractivity contribution in [2.75, 3.05) is 12.3 Å². The number of anilines is 1. The van der Waals surface area contributed by atoms with Gasteiger partial charge in [-0.2, -0.15) is 0 Å². The largest absolute Gasteiger partial charge is 0.397 e. The van der Waals surface area contributed by atoms with Crippen molar-refractivity contribution in [2.24, 2.45) is 0 Å². The summed E-state index contributed by atoms with van der Waals surface area (Å²) in [6, 6.07) is 14.8. The van der Waals surface area contributed by atoms with Crippen LogP contribution in [0.5, 0.6) is 0 Å². The summed E-state index contributed by atoms with van der Waals surface area (Å²) in [5.41, 5.74) is 11.3. The molecule has 0 unspecified atom stereocenters. The summed E-state index contributed by atoms with van der Waals surface area (Å²) < 4.78 is 0. The van der Waals surface area contributed by atoms with Crippen LogP contribution in [-0.4, -0.2) is 16.7 Å². The third-order valence-corrected chi connectivity index (χ3v) is 3.62. The molecule has 0 saturated heterocycles. The van der Waals surface area contributed by atoms with E-state index in [0.29, 0.717) is 0 Å². The third kappa shape index (κ3) is 2.40. The van der Waals surface area contributed by atoms with E-state index >= 15 is 0 Å². The number of aromatic amines is 1. The van der Waals surface area contributed by atoms with Crippen LogP contribution in [0.4, 0.5) is 5.69 Å². The van der Waals surface area contributed by atoms with Gasteiger partial charge in [0, 0.05) is 23.7 Å². The van der Waals surface area contributed by atoms with Gasteiger partial charge >= 0.3 is 0 Å². The molecule has 0 spiro atoms. The van der Waals surface area contributed by atoms with Crippen molar-refractivity contribution in [3.8, 4) is 11.1 Å². The molecule has 0 aliphatic carbocycles. The van der Waals surface area contributed by atoms with Gasteiger partial charge in [-0.1, -0.05) is 36.4 Å². The van der Waals surface area contributed by atoms with Gasteiger partial charge < -0.3 is 15.8 Å². The highest BCUT2D eigenvalue weighted by atomic mass is 16.2. The number of aliphatic hydroxyl groups excluding tert-OH is 1. The van der Waals surface area contributed by atoms with Gasteiger partial charge in [-0.3, -0.25) is 0 Å². The second-order valence-electron chi connectivity index (χ2n) is 5.03. The second kappa shape index (κ2) is 5.39. The Balaban J connectivity index is 1.90. The smallest absolute Gasteiger partial charge is 0.0571 e. The van der Waals surface area contributed by atoms with Crippen LogP contribution in [0, 0.1) is 0 Å². The summed E-state index contributed by atoms with van der Waals surface area (Å²) in [6.07, 6.45) is 3.56. The Morgan fingerprint density at radius 1 is 1.00 bits per heavy atom. The summed E-state index contributed by atoms with van der Waals surface area (Å²) in [7, 11) is 0. The molecule has 4 N–H and O–H groups in total. The Hall–Kier alpha value is -2.26. The number of fused-ring (bicyclic) bond motifs is 1. The maximum atomic E-state index is 8.85.